The number of amides is 1. The van der Waals surface area contributed by atoms with Gasteiger partial charge in [0, 0.05) is 11.4 Å². The van der Waals surface area contributed by atoms with Crippen LogP contribution in [0, 0.1) is 6.92 Å². The maximum absolute atomic E-state index is 12.4. The number of carbonyl (C=O) groups excluding carboxylic acids is 1. The fourth-order valence-electron chi connectivity index (χ4n) is 2.97. The number of hydrogen-bond donors (Lipinski definition) is 2. The lowest BCUT2D eigenvalue weighted by atomic mass is 10.2. The number of phenolic OH excluding ortho intramolecular Hbond substituents is 1. The van der Waals surface area contributed by atoms with Gasteiger partial charge in [-0.25, -0.2) is 0 Å². The summed E-state index contributed by atoms with van der Waals surface area (Å²) in [5.74, 6) is 0.687. The van der Waals surface area contributed by atoms with E-state index in [2.05, 4.69) is 15.5 Å². The second-order valence-electron chi connectivity index (χ2n) is 6.70. The Labute approximate surface area is 178 Å². The van der Waals surface area contributed by atoms with Gasteiger partial charge in [-0.05, 0) is 43.3 Å². The van der Waals surface area contributed by atoms with Crippen LogP contribution in [-0.2, 0) is 4.79 Å². The van der Waals surface area contributed by atoms with Gasteiger partial charge in [-0.15, -0.1) is 10.2 Å². The van der Waals surface area contributed by atoms with Crippen LogP contribution in [-0.4, -0.2) is 31.5 Å². The van der Waals surface area contributed by atoms with Crippen molar-refractivity contribution in [3.63, 3.8) is 0 Å². The number of benzene rings is 3. The Kier molecular flexibility index (Phi) is 5.81. The molecular formula is C23H20N4O2S. The van der Waals surface area contributed by atoms with Gasteiger partial charge >= 0.3 is 0 Å². The van der Waals surface area contributed by atoms with Crippen LogP contribution in [0.5, 0.6) is 5.75 Å². The van der Waals surface area contributed by atoms with Crippen molar-refractivity contribution in [3.05, 3.63) is 84.4 Å². The Balaban J connectivity index is 1.59. The average molecular weight is 417 g/mol. The molecule has 0 saturated heterocycles. The Morgan fingerprint density at radius 3 is 2.40 bits per heavy atom. The summed E-state index contributed by atoms with van der Waals surface area (Å²) in [6.45, 7) is 2.00. The molecule has 1 amide bonds. The van der Waals surface area contributed by atoms with Gasteiger partial charge in [0.2, 0.25) is 5.91 Å². The highest BCUT2D eigenvalue weighted by Crippen LogP contribution is 2.32. The molecule has 6 nitrogen and oxygen atoms in total. The molecule has 0 fully saturated rings. The quantitative estimate of drug-likeness (QED) is 0.446. The first-order chi connectivity index (χ1) is 14.6. The van der Waals surface area contributed by atoms with Gasteiger partial charge in [0.15, 0.2) is 11.0 Å². The van der Waals surface area contributed by atoms with Crippen LogP contribution in [0.2, 0.25) is 0 Å². The molecule has 4 aromatic rings. The van der Waals surface area contributed by atoms with E-state index in [4.69, 9.17) is 0 Å². The van der Waals surface area contributed by atoms with E-state index in [0.29, 0.717) is 16.5 Å². The van der Waals surface area contributed by atoms with E-state index >= 15 is 0 Å². The second kappa shape index (κ2) is 8.84. The third-order valence-electron chi connectivity index (χ3n) is 4.46. The van der Waals surface area contributed by atoms with Crippen molar-refractivity contribution in [2.75, 3.05) is 11.1 Å². The number of aromatic hydroxyl groups is 1. The number of nitrogens with zero attached hydrogens (tertiary/aromatic N) is 3. The van der Waals surface area contributed by atoms with Gasteiger partial charge < -0.3 is 10.4 Å². The highest BCUT2D eigenvalue weighted by molar-refractivity contribution is 7.99. The molecule has 0 aliphatic heterocycles. The minimum atomic E-state index is -0.129. The van der Waals surface area contributed by atoms with Crippen molar-refractivity contribution in [3.8, 4) is 22.8 Å². The predicted octanol–water partition coefficient (Wildman–Crippen LogP) is 4.68. The van der Waals surface area contributed by atoms with Crippen molar-refractivity contribution in [2.24, 2.45) is 0 Å². The largest absolute Gasteiger partial charge is 0.507 e. The standard InChI is InChI=1S/C23H20N4O2S/c1-16-11-13-17(14-12-16)24-21(29)15-30-23-26-25-22(19-9-5-6-10-20(19)28)27(23)18-7-3-2-4-8-18/h2-14,28H,15H2,1H3,(H,24,29). The Morgan fingerprint density at radius 1 is 0.967 bits per heavy atom. The van der Waals surface area contributed by atoms with Gasteiger partial charge in [0.1, 0.15) is 5.75 Å². The number of aromatic nitrogens is 3. The molecule has 30 heavy (non-hydrogen) atoms. The molecule has 0 spiro atoms. The number of carbonyl (C=O) groups is 1. The summed E-state index contributed by atoms with van der Waals surface area (Å²) in [6, 6.07) is 24.3. The summed E-state index contributed by atoms with van der Waals surface area (Å²) in [4.78, 5) is 12.4. The number of hydrogen-bond acceptors (Lipinski definition) is 5. The Morgan fingerprint density at radius 2 is 1.67 bits per heavy atom. The highest BCUT2D eigenvalue weighted by atomic mass is 32.2. The monoisotopic (exact) mass is 416 g/mol. The first-order valence-corrected chi connectivity index (χ1v) is 10.4. The van der Waals surface area contributed by atoms with Gasteiger partial charge in [-0.1, -0.05) is 59.8 Å². The van der Waals surface area contributed by atoms with E-state index in [0.717, 1.165) is 16.9 Å². The molecule has 2 N–H and O–H groups in total. The number of para-hydroxylation sites is 2. The number of phenols is 1. The summed E-state index contributed by atoms with van der Waals surface area (Å²) in [7, 11) is 0. The van der Waals surface area contributed by atoms with Crippen molar-refractivity contribution < 1.29 is 9.90 Å². The molecule has 7 heteroatoms. The molecular weight excluding hydrogens is 396 g/mol. The normalized spacial score (nSPS) is 10.7. The molecule has 1 aromatic heterocycles. The highest BCUT2D eigenvalue weighted by Gasteiger charge is 2.19. The molecule has 0 saturated carbocycles. The maximum atomic E-state index is 12.4. The SMILES string of the molecule is Cc1ccc(NC(=O)CSc2nnc(-c3ccccc3O)n2-c2ccccc2)cc1. The van der Waals surface area contributed by atoms with E-state index in [9.17, 15) is 9.90 Å². The minimum absolute atomic E-state index is 0.121. The molecule has 0 aliphatic rings. The summed E-state index contributed by atoms with van der Waals surface area (Å²) in [6.07, 6.45) is 0. The zero-order chi connectivity index (χ0) is 20.9. The van der Waals surface area contributed by atoms with E-state index < -0.39 is 0 Å². The molecule has 0 radical (unpaired) electrons. The molecule has 1 heterocycles. The van der Waals surface area contributed by atoms with E-state index in [1.54, 1.807) is 18.2 Å². The number of anilines is 1. The van der Waals surface area contributed by atoms with Crippen LogP contribution >= 0.6 is 11.8 Å². The third kappa shape index (κ3) is 4.36. The number of nitrogens with one attached hydrogen (secondary N) is 1. The molecule has 3 aromatic carbocycles. The van der Waals surface area contributed by atoms with Crippen LogP contribution in [0.25, 0.3) is 17.1 Å². The van der Waals surface area contributed by atoms with Gasteiger partial charge in [-0.3, -0.25) is 9.36 Å². The van der Waals surface area contributed by atoms with Crippen LogP contribution in [0.4, 0.5) is 5.69 Å². The van der Waals surface area contributed by atoms with E-state index in [1.165, 1.54) is 11.8 Å². The van der Waals surface area contributed by atoms with Crippen molar-refractivity contribution in [1.82, 2.24) is 14.8 Å². The summed E-state index contributed by atoms with van der Waals surface area (Å²) in [5.41, 5.74) is 3.31. The lowest BCUT2D eigenvalue weighted by molar-refractivity contribution is -0.113. The number of rotatable bonds is 6. The van der Waals surface area contributed by atoms with Crippen LogP contribution in [0.3, 0.4) is 0 Å². The van der Waals surface area contributed by atoms with Gasteiger partial charge in [0.25, 0.3) is 0 Å². The maximum Gasteiger partial charge on any atom is 0.234 e. The number of thioether (sulfide) groups is 1. The second-order valence-corrected chi connectivity index (χ2v) is 7.64. The molecule has 0 bridgehead atoms. The zero-order valence-electron chi connectivity index (χ0n) is 16.3. The summed E-state index contributed by atoms with van der Waals surface area (Å²) >= 11 is 1.29. The van der Waals surface area contributed by atoms with E-state index in [1.807, 2.05) is 72.2 Å². The summed E-state index contributed by atoms with van der Waals surface area (Å²) in [5, 5.41) is 22.3. The van der Waals surface area contributed by atoms with Crippen LogP contribution in [0.15, 0.2) is 84.0 Å². The average Bonchev–Trinajstić information content (AvgIpc) is 3.18. The zero-order valence-corrected chi connectivity index (χ0v) is 17.1. The predicted molar refractivity (Wildman–Crippen MR) is 119 cm³/mol. The topological polar surface area (TPSA) is 80.0 Å². The smallest absolute Gasteiger partial charge is 0.234 e. The minimum Gasteiger partial charge on any atom is -0.507 e. The van der Waals surface area contributed by atoms with Crippen LogP contribution in [0.1, 0.15) is 5.56 Å². The molecule has 0 aliphatic carbocycles. The summed E-state index contributed by atoms with van der Waals surface area (Å²) < 4.78 is 1.85. The lowest BCUT2D eigenvalue weighted by Gasteiger charge is -2.11. The van der Waals surface area contributed by atoms with Crippen molar-refractivity contribution in [2.45, 2.75) is 12.1 Å². The van der Waals surface area contributed by atoms with Crippen LogP contribution < -0.4 is 5.32 Å². The molecule has 0 atom stereocenters. The third-order valence-corrected chi connectivity index (χ3v) is 5.39. The Hall–Kier alpha value is -3.58. The van der Waals surface area contributed by atoms with Gasteiger partial charge in [-0.2, -0.15) is 0 Å². The van der Waals surface area contributed by atoms with E-state index in [-0.39, 0.29) is 17.4 Å². The first-order valence-electron chi connectivity index (χ1n) is 9.40. The fourth-order valence-corrected chi connectivity index (χ4v) is 3.73. The first kappa shape index (κ1) is 19.7. The Bertz CT molecular complexity index is 1160. The number of aryl methyl sites for hydroxylation is 1. The molecule has 4 rings (SSSR count). The van der Waals surface area contributed by atoms with Gasteiger partial charge in [0.05, 0.1) is 11.3 Å². The lowest BCUT2D eigenvalue weighted by Crippen LogP contribution is -2.14. The molecule has 150 valence electrons. The van der Waals surface area contributed by atoms with Crippen molar-refractivity contribution >= 4 is 23.4 Å². The van der Waals surface area contributed by atoms with Crippen molar-refractivity contribution in [1.29, 1.82) is 0 Å². The molecule has 0 unspecified atom stereocenters. The fraction of sp³-hybridized carbons (Fsp3) is 0.0870.